The largest absolute Gasteiger partial charge is 0.376 e. The summed E-state index contributed by atoms with van der Waals surface area (Å²) >= 11 is 0. The number of likely N-dealkylation sites (tertiary alicyclic amines) is 1. The van der Waals surface area contributed by atoms with Crippen molar-refractivity contribution in [3.05, 3.63) is 35.9 Å². The van der Waals surface area contributed by atoms with Crippen molar-refractivity contribution < 1.29 is 14.3 Å². The van der Waals surface area contributed by atoms with Crippen LogP contribution in [-0.4, -0.2) is 49.3 Å². The number of ether oxygens (including phenoxy) is 2. The number of hydrogen-bond donors (Lipinski definition) is 0. The van der Waals surface area contributed by atoms with E-state index in [4.69, 9.17) is 9.47 Å². The first-order chi connectivity index (χ1) is 10.8. The Morgan fingerprint density at radius 3 is 2.91 bits per heavy atom. The molecule has 120 valence electrons. The zero-order valence-corrected chi connectivity index (χ0v) is 13.1. The van der Waals surface area contributed by atoms with E-state index in [0.29, 0.717) is 0 Å². The van der Waals surface area contributed by atoms with Crippen molar-refractivity contribution in [1.29, 1.82) is 0 Å². The van der Waals surface area contributed by atoms with E-state index in [0.717, 1.165) is 58.4 Å². The van der Waals surface area contributed by atoms with Gasteiger partial charge in [-0.15, -0.1) is 0 Å². The van der Waals surface area contributed by atoms with Gasteiger partial charge in [-0.25, -0.2) is 0 Å². The summed E-state index contributed by atoms with van der Waals surface area (Å²) in [7, 11) is 0. The first-order valence-corrected chi connectivity index (χ1v) is 8.39. The van der Waals surface area contributed by atoms with E-state index in [9.17, 15) is 4.79 Å². The van der Waals surface area contributed by atoms with Gasteiger partial charge in [-0.1, -0.05) is 30.3 Å². The van der Waals surface area contributed by atoms with E-state index in [2.05, 4.69) is 24.3 Å². The van der Waals surface area contributed by atoms with Crippen LogP contribution in [0.15, 0.2) is 30.3 Å². The van der Waals surface area contributed by atoms with Crippen LogP contribution in [0.3, 0.4) is 0 Å². The van der Waals surface area contributed by atoms with Crippen LogP contribution in [0.5, 0.6) is 0 Å². The van der Waals surface area contributed by atoms with Crippen LogP contribution in [-0.2, 0) is 20.7 Å². The lowest BCUT2D eigenvalue weighted by molar-refractivity contribution is -0.140. The molecule has 1 aromatic carbocycles. The Kier molecular flexibility index (Phi) is 5.46. The van der Waals surface area contributed by atoms with Crippen LogP contribution in [0.4, 0.5) is 0 Å². The highest BCUT2D eigenvalue weighted by Crippen LogP contribution is 2.19. The average Bonchev–Trinajstić information content (AvgIpc) is 3.24. The molecule has 0 aliphatic carbocycles. The average molecular weight is 303 g/mol. The first-order valence-electron chi connectivity index (χ1n) is 8.39. The molecule has 0 bridgehead atoms. The van der Waals surface area contributed by atoms with Gasteiger partial charge < -0.3 is 14.4 Å². The number of carbonyl (C=O) groups is 1. The second-order valence-corrected chi connectivity index (χ2v) is 6.16. The number of benzene rings is 1. The van der Waals surface area contributed by atoms with E-state index >= 15 is 0 Å². The van der Waals surface area contributed by atoms with E-state index in [-0.39, 0.29) is 18.1 Å². The van der Waals surface area contributed by atoms with Gasteiger partial charge in [0.05, 0.1) is 6.10 Å². The van der Waals surface area contributed by atoms with Gasteiger partial charge in [0.25, 0.3) is 5.91 Å². The molecule has 4 heteroatoms. The normalized spacial score (nSPS) is 24.8. The maximum Gasteiger partial charge on any atom is 0.251 e. The van der Waals surface area contributed by atoms with Gasteiger partial charge in [0.1, 0.15) is 6.10 Å². The van der Waals surface area contributed by atoms with Crippen LogP contribution >= 0.6 is 0 Å². The number of nitrogens with zero attached hydrogens (tertiary/aromatic N) is 1. The predicted molar refractivity (Wildman–Crippen MR) is 84.7 cm³/mol. The van der Waals surface area contributed by atoms with E-state index < -0.39 is 0 Å². The molecule has 2 aliphatic rings. The summed E-state index contributed by atoms with van der Waals surface area (Å²) in [5.74, 6) is 0.160. The molecule has 2 fully saturated rings. The minimum Gasteiger partial charge on any atom is -0.376 e. The summed E-state index contributed by atoms with van der Waals surface area (Å²) in [6.45, 7) is 3.03. The minimum absolute atomic E-state index is 0.160. The Bertz CT molecular complexity index is 470. The Morgan fingerprint density at radius 2 is 2.14 bits per heavy atom. The molecule has 4 nitrogen and oxygen atoms in total. The van der Waals surface area contributed by atoms with Gasteiger partial charge in [0, 0.05) is 26.3 Å². The summed E-state index contributed by atoms with van der Waals surface area (Å²) in [4.78, 5) is 14.2. The fourth-order valence-electron chi connectivity index (χ4n) is 3.21. The summed E-state index contributed by atoms with van der Waals surface area (Å²) in [5, 5.41) is 0. The van der Waals surface area contributed by atoms with Gasteiger partial charge in [-0.3, -0.25) is 4.79 Å². The molecule has 0 unspecified atom stereocenters. The Morgan fingerprint density at radius 1 is 1.27 bits per heavy atom. The molecule has 0 saturated carbocycles. The highest BCUT2D eigenvalue weighted by Gasteiger charge is 2.33. The molecule has 1 amide bonds. The van der Waals surface area contributed by atoms with Crippen LogP contribution in [0.2, 0.25) is 0 Å². The molecule has 2 atom stereocenters. The molecule has 2 aliphatic heterocycles. The standard InChI is InChI=1S/C18H25NO3/c20-18(17-9-5-13-22-17)19-11-10-16(14-19)21-12-4-8-15-6-2-1-3-7-15/h1-3,6-7,16-17H,4-5,8-14H2/t16-,17-/m0/s1. The summed E-state index contributed by atoms with van der Waals surface area (Å²) in [6, 6.07) is 10.5. The highest BCUT2D eigenvalue weighted by atomic mass is 16.5. The zero-order valence-electron chi connectivity index (χ0n) is 13.1. The lowest BCUT2D eigenvalue weighted by atomic mass is 10.1. The van der Waals surface area contributed by atoms with Crippen LogP contribution in [0, 0.1) is 0 Å². The Hall–Kier alpha value is -1.39. The lowest BCUT2D eigenvalue weighted by Crippen LogP contribution is -2.38. The van der Waals surface area contributed by atoms with Crippen molar-refractivity contribution in [3.8, 4) is 0 Å². The molecule has 0 aromatic heterocycles. The molecule has 0 N–H and O–H groups in total. The van der Waals surface area contributed by atoms with Gasteiger partial charge in [0.2, 0.25) is 0 Å². The third-order valence-corrected chi connectivity index (χ3v) is 4.47. The predicted octanol–water partition coefficient (Wildman–Crippen LogP) is 2.42. The number of hydrogen-bond acceptors (Lipinski definition) is 3. The second-order valence-electron chi connectivity index (χ2n) is 6.16. The van der Waals surface area contributed by atoms with E-state index in [1.807, 2.05) is 11.0 Å². The quantitative estimate of drug-likeness (QED) is 0.758. The monoisotopic (exact) mass is 303 g/mol. The van der Waals surface area contributed by atoms with Crippen molar-refractivity contribution in [1.82, 2.24) is 4.90 Å². The first kappa shape index (κ1) is 15.5. The van der Waals surface area contributed by atoms with Gasteiger partial charge in [-0.2, -0.15) is 0 Å². The molecule has 22 heavy (non-hydrogen) atoms. The molecule has 1 aromatic rings. The number of amides is 1. The molecular formula is C18H25NO3. The van der Waals surface area contributed by atoms with E-state index in [1.54, 1.807) is 0 Å². The van der Waals surface area contributed by atoms with Crippen molar-refractivity contribution in [2.75, 3.05) is 26.3 Å². The lowest BCUT2D eigenvalue weighted by Gasteiger charge is -2.20. The van der Waals surface area contributed by atoms with Crippen LogP contribution in [0.25, 0.3) is 0 Å². The maximum absolute atomic E-state index is 12.3. The minimum atomic E-state index is -0.197. The van der Waals surface area contributed by atoms with Crippen LogP contribution < -0.4 is 0 Å². The zero-order chi connectivity index (χ0) is 15.2. The summed E-state index contributed by atoms with van der Waals surface area (Å²) < 4.78 is 11.4. The van der Waals surface area contributed by atoms with Crippen molar-refractivity contribution in [3.63, 3.8) is 0 Å². The van der Waals surface area contributed by atoms with Crippen LogP contribution in [0.1, 0.15) is 31.2 Å². The van der Waals surface area contributed by atoms with Crippen molar-refractivity contribution in [2.45, 2.75) is 44.3 Å². The molecule has 0 radical (unpaired) electrons. The molecule has 2 saturated heterocycles. The number of carbonyl (C=O) groups excluding carboxylic acids is 1. The third-order valence-electron chi connectivity index (χ3n) is 4.47. The molecular weight excluding hydrogens is 278 g/mol. The smallest absolute Gasteiger partial charge is 0.251 e. The highest BCUT2D eigenvalue weighted by molar-refractivity contribution is 5.81. The molecule has 0 spiro atoms. The second kappa shape index (κ2) is 7.75. The fraction of sp³-hybridized carbons (Fsp3) is 0.611. The maximum atomic E-state index is 12.3. The Labute approximate surface area is 132 Å². The Balaban J connectivity index is 1.33. The van der Waals surface area contributed by atoms with Crippen molar-refractivity contribution in [2.24, 2.45) is 0 Å². The van der Waals surface area contributed by atoms with Gasteiger partial charge in [-0.05, 0) is 37.7 Å². The SMILES string of the molecule is O=C([C@@H]1CCCO1)N1CC[C@H](OCCCc2ccccc2)C1. The van der Waals surface area contributed by atoms with E-state index in [1.165, 1.54) is 5.56 Å². The summed E-state index contributed by atoms with van der Waals surface area (Å²) in [6.07, 6.45) is 4.90. The molecule has 2 heterocycles. The third kappa shape index (κ3) is 4.08. The number of aryl methyl sites for hydroxylation is 1. The summed E-state index contributed by atoms with van der Waals surface area (Å²) in [5.41, 5.74) is 1.35. The van der Waals surface area contributed by atoms with Crippen molar-refractivity contribution >= 4 is 5.91 Å². The van der Waals surface area contributed by atoms with Gasteiger partial charge >= 0.3 is 0 Å². The molecule has 3 rings (SSSR count). The number of rotatable bonds is 6. The topological polar surface area (TPSA) is 38.8 Å². The van der Waals surface area contributed by atoms with Gasteiger partial charge in [0.15, 0.2) is 0 Å². The fourth-order valence-corrected chi connectivity index (χ4v) is 3.21.